The van der Waals surface area contributed by atoms with Crippen LogP contribution in [0.3, 0.4) is 0 Å². The SMILES string of the molecule is NC(=S)[C@@H]1[C@@H](c2ccc(Br)cc2)[C@H]1S(=O)(=O)c1ccccc1. The molecule has 3 nitrogen and oxygen atoms in total. The van der Waals surface area contributed by atoms with Crippen molar-refractivity contribution in [2.24, 2.45) is 11.7 Å². The predicted molar refractivity (Wildman–Crippen MR) is 94.6 cm³/mol. The van der Waals surface area contributed by atoms with Crippen LogP contribution < -0.4 is 5.73 Å². The summed E-state index contributed by atoms with van der Waals surface area (Å²) < 4.78 is 26.6. The van der Waals surface area contributed by atoms with Gasteiger partial charge in [0.1, 0.15) is 0 Å². The van der Waals surface area contributed by atoms with Crippen LogP contribution in [0.5, 0.6) is 0 Å². The summed E-state index contributed by atoms with van der Waals surface area (Å²) in [7, 11) is -3.45. The number of hydrogen-bond acceptors (Lipinski definition) is 3. The molecule has 0 saturated heterocycles. The third-order valence-electron chi connectivity index (χ3n) is 3.97. The van der Waals surface area contributed by atoms with E-state index in [0.717, 1.165) is 10.0 Å². The van der Waals surface area contributed by atoms with Gasteiger partial charge in [0.15, 0.2) is 9.84 Å². The number of thiocarbonyl (C=S) groups is 1. The van der Waals surface area contributed by atoms with Crippen LogP contribution in [0.2, 0.25) is 0 Å². The first-order valence-corrected chi connectivity index (χ1v) is 9.51. The molecule has 0 amide bonds. The lowest BCUT2D eigenvalue weighted by molar-refractivity contribution is 0.593. The van der Waals surface area contributed by atoms with Crippen molar-refractivity contribution in [2.45, 2.75) is 16.1 Å². The minimum Gasteiger partial charge on any atom is -0.393 e. The zero-order chi connectivity index (χ0) is 15.9. The minimum absolute atomic E-state index is 0.171. The van der Waals surface area contributed by atoms with Gasteiger partial charge in [-0.1, -0.05) is 58.5 Å². The van der Waals surface area contributed by atoms with Crippen molar-refractivity contribution in [3.8, 4) is 0 Å². The highest BCUT2D eigenvalue weighted by atomic mass is 79.9. The predicted octanol–water partition coefficient (Wildman–Crippen LogP) is 3.29. The molecule has 1 saturated carbocycles. The van der Waals surface area contributed by atoms with Gasteiger partial charge in [-0.3, -0.25) is 0 Å². The molecule has 0 radical (unpaired) electrons. The Bertz CT molecular complexity index is 804. The van der Waals surface area contributed by atoms with E-state index in [1.54, 1.807) is 30.3 Å². The fourth-order valence-corrected chi connectivity index (χ4v) is 5.68. The molecule has 0 spiro atoms. The molecule has 0 heterocycles. The van der Waals surface area contributed by atoms with Crippen molar-refractivity contribution in [2.75, 3.05) is 0 Å². The van der Waals surface area contributed by atoms with Gasteiger partial charge in [0.05, 0.1) is 15.1 Å². The van der Waals surface area contributed by atoms with Crippen molar-refractivity contribution < 1.29 is 8.42 Å². The van der Waals surface area contributed by atoms with Crippen LogP contribution in [0.1, 0.15) is 11.5 Å². The molecule has 2 aromatic rings. The Balaban J connectivity index is 1.99. The maximum atomic E-state index is 12.8. The lowest BCUT2D eigenvalue weighted by atomic mass is 10.1. The number of rotatable bonds is 4. The van der Waals surface area contributed by atoms with Gasteiger partial charge in [-0.15, -0.1) is 0 Å². The molecule has 1 aliphatic carbocycles. The van der Waals surface area contributed by atoms with Gasteiger partial charge in [0, 0.05) is 16.3 Å². The van der Waals surface area contributed by atoms with E-state index in [-0.39, 0.29) is 16.8 Å². The highest BCUT2D eigenvalue weighted by molar-refractivity contribution is 9.10. The number of benzene rings is 2. The maximum absolute atomic E-state index is 12.8. The first kappa shape index (κ1) is 15.6. The molecule has 6 heteroatoms. The minimum atomic E-state index is -3.45. The lowest BCUT2D eigenvalue weighted by Gasteiger charge is -2.04. The van der Waals surface area contributed by atoms with Crippen LogP contribution in [0.15, 0.2) is 64.0 Å². The molecular formula is C16H14BrNO2S2. The summed E-state index contributed by atoms with van der Waals surface area (Å²) in [6.07, 6.45) is 0. The zero-order valence-electron chi connectivity index (χ0n) is 11.5. The molecule has 0 bridgehead atoms. The first-order valence-electron chi connectivity index (χ1n) is 6.76. The molecule has 1 fully saturated rings. The number of nitrogens with two attached hydrogens (primary N) is 1. The topological polar surface area (TPSA) is 60.2 Å². The van der Waals surface area contributed by atoms with Crippen LogP contribution in [-0.4, -0.2) is 18.7 Å². The van der Waals surface area contributed by atoms with E-state index in [1.165, 1.54) is 0 Å². The summed E-state index contributed by atoms with van der Waals surface area (Å²) in [5.41, 5.74) is 6.73. The van der Waals surface area contributed by atoms with Gasteiger partial charge >= 0.3 is 0 Å². The Labute approximate surface area is 143 Å². The summed E-state index contributed by atoms with van der Waals surface area (Å²) in [5, 5.41) is -0.575. The van der Waals surface area contributed by atoms with Gasteiger partial charge in [-0.2, -0.15) is 0 Å². The number of halogens is 1. The molecule has 3 atom stereocenters. The fraction of sp³-hybridized carbons (Fsp3) is 0.188. The van der Waals surface area contributed by atoms with Crippen molar-refractivity contribution in [1.82, 2.24) is 0 Å². The van der Waals surface area contributed by atoms with E-state index in [4.69, 9.17) is 18.0 Å². The quantitative estimate of drug-likeness (QED) is 0.806. The molecule has 0 unspecified atom stereocenters. The van der Waals surface area contributed by atoms with Crippen LogP contribution in [-0.2, 0) is 9.84 Å². The fourth-order valence-electron chi connectivity index (χ4n) is 2.86. The molecule has 22 heavy (non-hydrogen) atoms. The third-order valence-corrected chi connectivity index (χ3v) is 7.00. The summed E-state index contributed by atoms with van der Waals surface area (Å²) >= 11 is 8.47. The second-order valence-electron chi connectivity index (χ2n) is 5.33. The Morgan fingerprint density at radius 1 is 1.05 bits per heavy atom. The molecule has 3 rings (SSSR count). The monoisotopic (exact) mass is 395 g/mol. The average molecular weight is 396 g/mol. The molecule has 0 aliphatic heterocycles. The van der Waals surface area contributed by atoms with E-state index < -0.39 is 15.1 Å². The van der Waals surface area contributed by atoms with E-state index >= 15 is 0 Å². The van der Waals surface area contributed by atoms with Gasteiger partial charge in [0.2, 0.25) is 0 Å². The van der Waals surface area contributed by atoms with Gasteiger partial charge in [0.25, 0.3) is 0 Å². The Kier molecular flexibility index (Phi) is 4.09. The summed E-state index contributed by atoms with van der Waals surface area (Å²) in [5.74, 6) is -0.475. The molecular weight excluding hydrogens is 382 g/mol. The highest BCUT2D eigenvalue weighted by Gasteiger charge is 2.60. The van der Waals surface area contributed by atoms with Crippen molar-refractivity contribution in [3.63, 3.8) is 0 Å². The van der Waals surface area contributed by atoms with Gasteiger partial charge in [-0.25, -0.2) is 8.42 Å². The Morgan fingerprint density at radius 3 is 2.18 bits per heavy atom. The summed E-state index contributed by atoms with van der Waals surface area (Å²) in [6, 6.07) is 16.1. The lowest BCUT2D eigenvalue weighted by Crippen LogP contribution is -2.17. The second kappa shape index (κ2) is 5.76. The van der Waals surface area contributed by atoms with E-state index in [1.807, 2.05) is 24.3 Å². The number of hydrogen-bond donors (Lipinski definition) is 1. The van der Waals surface area contributed by atoms with Crippen molar-refractivity contribution in [1.29, 1.82) is 0 Å². The van der Waals surface area contributed by atoms with Gasteiger partial charge in [-0.05, 0) is 29.8 Å². The molecule has 2 N–H and O–H groups in total. The normalized spacial score (nSPS) is 24.0. The first-order chi connectivity index (χ1) is 10.4. The van der Waals surface area contributed by atoms with Crippen LogP contribution in [0.25, 0.3) is 0 Å². The van der Waals surface area contributed by atoms with E-state index in [0.29, 0.717) is 4.90 Å². The number of sulfone groups is 1. The smallest absolute Gasteiger partial charge is 0.182 e. The van der Waals surface area contributed by atoms with Crippen molar-refractivity contribution >= 4 is 43.0 Å². The van der Waals surface area contributed by atoms with Crippen LogP contribution in [0, 0.1) is 5.92 Å². The summed E-state index contributed by atoms with van der Waals surface area (Å²) in [6.45, 7) is 0. The van der Waals surface area contributed by atoms with E-state index in [2.05, 4.69) is 15.9 Å². The zero-order valence-corrected chi connectivity index (χ0v) is 14.7. The maximum Gasteiger partial charge on any atom is 0.182 e. The van der Waals surface area contributed by atoms with E-state index in [9.17, 15) is 8.42 Å². The highest BCUT2D eigenvalue weighted by Crippen LogP contribution is 2.54. The molecule has 2 aromatic carbocycles. The van der Waals surface area contributed by atoms with Crippen LogP contribution in [0.4, 0.5) is 0 Å². The third kappa shape index (κ3) is 2.71. The molecule has 0 aromatic heterocycles. The Morgan fingerprint density at radius 2 is 1.64 bits per heavy atom. The van der Waals surface area contributed by atoms with Gasteiger partial charge < -0.3 is 5.73 Å². The second-order valence-corrected chi connectivity index (χ2v) is 8.82. The average Bonchev–Trinajstić information content (AvgIpc) is 3.25. The summed E-state index contributed by atoms with van der Waals surface area (Å²) in [4.78, 5) is 0.582. The largest absolute Gasteiger partial charge is 0.393 e. The Hall–Kier alpha value is -1.24. The standard InChI is InChI=1S/C16H14BrNO2S2/c17-11-8-6-10(7-9-11)13-14(16(18)21)15(13)22(19,20)12-4-2-1-3-5-12/h1-9,13-15H,(H2,18,21)/t13-,14-,15-/m1/s1. The van der Waals surface area contributed by atoms with Crippen molar-refractivity contribution in [3.05, 3.63) is 64.6 Å². The van der Waals surface area contributed by atoms with Crippen LogP contribution >= 0.6 is 28.1 Å². The molecule has 1 aliphatic rings. The molecule has 114 valence electrons.